The fraction of sp³-hybridized carbons (Fsp3) is 0.684. The zero-order chi connectivity index (χ0) is 17.1. The van der Waals surface area contributed by atoms with E-state index in [4.69, 9.17) is 9.15 Å². The Morgan fingerprint density at radius 2 is 1.96 bits per heavy atom. The maximum absolute atomic E-state index is 12.9. The standard InChI is InChI=1S/C19H24O5/c1-18-6-3-12-17(22)24-14(11-5-8-23-10-11)9-19(12,2)16(18)15(21)13(20)4-7-18/h5,8,10,12-14,16,20H,3-4,6-7,9H2,1-2H3/t12?,13-,14-,16+,18+,19+/m1/s1. The first-order chi connectivity index (χ1) is 11.3. The number of carbonyl (C=O) groups is 2. The Morgan fingerprint density at radius 3 is 2.67 bits per heavy atom. The molecule has 24 heavy (non-hydrogen) atoms. The topological polar surface area (TPSA) is 76.7 Å². The lowest BCUT2D eigenvalue weighted by atomic mass is 9.45. The first-order valence-electron chi connectivity index (χ1n) is 8.79. The summed E-state index contributed by atoms with van der Waals surface area (Å²) in [6, 6.07) is 1.81. The van der Waals surface area contributed by atoms with Gasteiger partial charge in [-0.05, 0) is 49.0 Å². The Balaban J connectivity index is 1.75. The number of Topliss-reactive ketones (excluding diaryl/α,β-unsaturated/α-hetero) is 1. The summed E-state index contributed by atoms with van der Waals surface area (Å²) in [6.07, 6.45) is 5.43. The zero-order valence-electron chi connectivity index (χ0n) is 14.2. The van der Waals surface area contributed by atoms with Crippen LogP contribution >= 0.6 is 0 Å². The predicted octanol–water partition coefficient (Wildman–Crippen LogP) is 3.03. The van der Waals surface area contributed by atoms with Gasteiger partial charge in [0, 0.05) is 11.5 Å². The molecule has 130 valence electrons. The predicted molar refractivity (Wildman–Crippen MR) is 84.8 cm³/mol. The van der Waals surface area contributed by atoms with Crippen LogP contribution in [0.15, 0.2) is 23.0 Å². The summed E-state index contributed by atoms with van der Waals surface area (Å²) in [7, 11) is 0. The van der Waals surface area contributed by atoms with Gasteiger partial charge < -0.3 is 14.3 Å². The fourth-order valence-corrected chi connectivity index (χ4v) is 5.64. The Hall–Kier alpha value is -1.62. The van der Waals surface area contributed by atoms with Crippen LogP contribution in [0.4, 0.5) is 0 Å². The van der Waals surface area contributed by atoms with E-state index in [0.717, 1.165) is 24.8 Å². The molecule has 1 unspecified atom stereocenters. The number of hydrogen-bond acceptors (Lipinski definition) is 5. The van der Waals surface area contributed by atoms with E-state index in [2.05, 4.69) is 6.92 Å². The van der Waals surface area contributed by atoms with Crippen LogP contribution in [0.1, 0.15) is 57.6 Å². The molecule has 2 saturated carbocycles. The summed E-state index contributed by atoms with van der Waals surface area (Å²) in [4.78, 5) is 25.6. The van der Waals surface area contributed by atoms with Gasteiger partial charge in [0.15, 0.2) is 5.78 Å². The number of ether oxygens (including phenoxy) is 1. The third-order valence-electron chi connectivity index (χ3n) is 6.84. The minimum atomic E-state index is -0.899. The maximum atomic E-state index is 12.9. The third-order valence-corrected chi connectivity index (χ3v) is 6.84. The lowest BCUT2D eigenvalue weighted by Crippen LogP contribution is -2.60. The highest BCUT2D eigenvalue weighted by molar-refractivity contribution is 5.89. The average molecular weight is 332 g/mol. The molecule has 0 radical (unpaired) electrons. The van der Waals surface area contributed by atoms with Crippen molar-refractivity contribution in [3.63, 3.8) is 0 Å². The summed E-state index contributed by atoms with van der Waals surface area (Å²) in [5.41, 5.74) is 0.210. The molecule has 1 saturated heterocycles. The second-order valence-electron chi connectivity index (χ2n) is 8.33. The second kappa shape index (κ2) is 5.19. The van der Waals surface area contributed by atoms with E-state index in [1.165, 1.54) is 0 Å². The number of aliphatic hydroxyl groups excluding tert-OH is 1. The number of ketones is 1. The number of aliphatic hydroxyl groups is 1. The highest BCUT2D eigenvalue weighted by Gasteiger charge is 2.63. The highest BCUT2D eigenvalue weighted by Crippen LogP contribution is 2.63. The number of cyclic esters (lactones) is 1. The van der Waals surface area contributed by atoms with E-state index in [1.54, 1.807) is 18.6 Å². The van der Waals surface area contributed by atoms with Crippen LogP contribution in [0.5, 0.6) is 0 Å². The monoisotopic (exact) mass is 332 g/mol. The zero-order valence-corrected chi connectivity index (χ0v) is 14.2. The number of rotatable bonds is 1. The Bertz CT molecular complexity index is 665. The second-order valence-corrected chi connectivity index (χ2v) is 8.33. The molecule has 3 fully saturated rings. The van der Waals surface area contributed by atoms with Crippen molar-refractivity contribution in [3.05, 3.63) is 24.2 Å². The molecule has 1 aliphatic heterocycles. The van der Waals surface area contributed by atoms with Gasteiger partial charge in [0.2, 0.25) is 0 Å². The van der Waals surface area contributed by atoms with Crippen molar-refractivity contribution < 1.29 is 23.8 Å². The molecule has 3 aliphatic rings. The van der Waals surface area contributed by atoms with Gasteiger partial charge in [-0.15, -0.1) is 0 Å². The molecule has 0 aromatic carbocycles. The maximum Gasteiger partial charge on any atom is 0.310 e. The summed E-state index contributed by atoms with van der Waals surface area (Å²) in [6.45, 7) is 4.19. The van der Waals surface area contributed by atoms with Gasteiger partial charge in [0.25, 0.3) is 0 Å². The van der Waals surface area contributed by atoms with Crippen molar-refractivity contribution in [2.24, 2.45) is 22.7 Å². The van der Waals surface area contributed by atoms with Crippen molar-refractivity contribution in [2.45, 2.75) is 58.2 Å². The minimum Gasteiger partial charge on any atom is -0.472 e. The lowest BCUT2D eigenvalue weighted by Gasteiger charge is -2.59. The SMILES string of the molecule is C[C@@]12CCC3C(=O)O[C@@H](c4ccoc4)C[C@]3(C)[C@H]1C(=O)[C@H](O)CC2. The first kappa shape index (κ1) is 15.9. The molecule has 5 nitrogen and oxygen atoms in total. The molecule has 0 spiro atoms. The summed E-state index contributed by atoms with van der Waals surface area (Å²) >= 11 is 0. The third kappa shape index (κ3) is 2.10. The fourth-order valence-electron chi connectivity index (χ4n) is 5.64. The molecule has 0 amide bonds. The van der Waals surface area contributed by atoms with Crippen molar-refractivity contribution in [3.8, 4) is 0 Å². The van der Waals surface area contributed by atoms with E-state index in [9.17, 15) is 14.7 Å². The smallest absolute Gasteiger partial charge is 0.310 e. The first-order valence-corrected chi connectivity index (χ1v) is 8.79. The Morgan fingerprint density at radius 1 is 1.21 bits per heavy atom. The molecule has 1 aromatic heterocycles. The summed E-state index contributed by atoms with van der Waals surface area (Å²) in [5, 5.41) is 10.2. The lowest BCUT2D eigenvalue weighted by molar-refractivity contribution is -0.198. The number of furan rings is 1. The van der Waals surface area contributed by atoms with E-state index in [-0.39, 0.29) is 35.1 Å². The molecule has 0 bridgehead atoms. The van der Waals surface area contributed by atoms with E-state index < -0.39 is 11.5 Å². The molecule has 4 rings (SSSR count). The van der Waals surface area contributed by atoms with E-state index in [1.807, 2.05) is 6.92 Å². The van der Waals surface area contributed by atoms with Gasteiger partial charge in [-0.1, -0.05) is 13.8 Å². The van der Waals surface area contributed by atoms with Crippen molar-refractivity contribution >= 4 is 11.8 Å². The van der Waals surface area contributed by atoms with Crippen LogP contribution in [0.25, 0.3) is 0 Å². The normalized spacial score (nSPS) is 45.3. The average Bonchev–Trinajstić information content (AvgIpc) is 3.04. The number of carbonyl (C=O) groups excluding carboxylic acids is 2. The van der Waals surface area contributed by atoms with Gasteiger partial charge in [0.05, 0.1) is 18.4 Å². The molecule has 1 aromatic rings. The summed E-state index contributed by atoms with van der Waals surface area (Å²) in [5.74, 6) is -0.871. The largest absolute Gasteiger partial charge is 0.472 e. The Kier molecular flexibility index (Phi) is 3.43. The van der Waals surface area contributed by atoms with Crippen LogP contribution in [-0.2, 0) is 14.3 Å². The molecule has 1 N–H and O–H groups in total. The summed E-state index contributed by atoms with van der Waals surface area (Å²) < 4.78 is 10.8. The highest BCUT2D eigenvalue weighted by atomic mass is 16.5. The van der Waals surface area contributed by atoms with E-state index >= 15 is 0 Å². The van der Waals surface area contributed by atoms with Crippen LogP contribution in [0.2, 0.25) is 0 Å². The van der Waals surface area contributed by atoms with Gasteiger partial charge in [-0.2, -0.15) is 0 Å². The molecule has 5 heteroatoms. The number of fused-ring (bicyclic) bond motifs is 3. The van der Waals surface area contributed by atoms with Crippen molar-refractivity contribution in [1.82, 2.24) is 0 Å². The molecular weight excluding hydrogens is 308 g/mol. The van der Waals surface area contributed by atoms with Crippen molar-refractivity contribution in [2.75, 3.05) is 0 Å². The van der Waals surface area contributed by atoms with Gasteiger partial charge in [-0.3, -0.25) is 9.59 Å². The Labute approximate surface area is 141 Å². The minimum absolute atomic E-state index is 0.0865. The number of esters is 1. The van der Waals surface area contributed by atoms with Crippen LogP contribution < -0.4 is 0 Å². The van der Waals surface area contributed by atoms with Gasteiger partial charge >= 0.3 is 5.97 Å². The van der Waals surface area contributed by atoms with Crippen LogP contribution in [0, 0.1) is 22.7 Å². The quantitative estimate of drug-likeness (QED) is 0.800. The molecular formula is C19H24O5. The van der Waals surface area contributed by atoms with Crippen LogP contribution in [-0.4, -0.2) is 23.0 Å². The molecule has 2 aliphatic carbocycles. The van der Waals surface area contributed by atoms with Crippen molar-refractivity contribution in [1.29, 1.82) is 0 Å². The van der Waals surface area contributed by atoms with Crippen LogP contribution in [0.3, 0.4) is 0 Å². The number of hydrogen-bond donors (Lipinski definition) is 1. The molecule has 6 atom stereocenters. The van der Waals surface area contributed by atoms with Gasteiger partial charge in [0.1, 0.15) is 12.2 Å². The van der Waals surface area contributed by atoms with Gasteiger partial charge in [-0.25, -0.2) is 0 Å². The van der Waals surface area contributed by atoms with E-state index in [0.29, 0.717) is 12.8 Å². The molecule has 2 heterocycles.